The van der Waals surface area contributed by atoms with Gasteiger partial charge in [-0.25, -0.2) is 0 Å². The molecule has 0 radical (unpaired) electrons. The quantitative estimate of drug-likeness (QED) is 0.429. The molecule has 0 amide bonds. The minimum absolute atomic E-state index is 0.0209. The summed E-state index contributed by atoms with van der Waals surface area (Å²) in [6.07, 6.45) is 0.622. The number of rotatable bonds is 5. The lowest BCUT2D eigenvalue weighted by Crippen LogP contribution is -2.15. The summed E-state index contributed by atoms with van der Waals surface area (Å²) in [4.78, 5) is 13.8. The van der Waals surface area contributed by atoms with Crippen molar-refractivity contribution in [2.45, 2.75) is 6.10 Å². The molecule has 2 N–H and O–H groups in total. The van der Waals surface area contributed by atoms with Gasteiger partial charge in [0, 0.05) is 18.3 Å². The van der Waals surface area contributed by atoms with Crippen LogP contribution < -0.4 is 0 Å². The molecule has 0 spiro atoms. The summed E-state index contributed by atoms with van der Waals surface area (Å²) >= 11 is 0. The lowest BCUT2D eigenvalue weighted by molar-refractivity contribution is -0.384. The highest BCUT2D eigenvalue weighted by Crippen LogP contribution is 2.10. The normalized spacial score (nSPS) is 12.9. The van der Waals surface area contributed by atoms with Gasteiger partial charge in [0.25, 0.3) is 5.69 Å². The second-order valence-corrected chi connectivity index (χ2v) is 3.18. The van der Waals surface area contributed by atoms with Crippen molar-refractivity contribution in [2.24, 2.45) is 4.99 Å². The van der Waals surface area contributed by atoms with Crippen LogP contribution in [0.4, 0.5) is 5.69 Å². The lowest BCUT2D eigenvalue weighted by atomic mass is 10.2. The summed E-state index contributed by atoms with van der Waals surface area (Å²) in [5, 5.41) is 27.9. The van der Waals surface area contributed by atoms with E-state index in [1.54, 1.807) is 12.1 Å². The molecule has 0 saturated heterocycles. The van der Waals surface area contributed by atoms with E-state index in [4.69, 9.17) is 10.2 Å². The zero-order valence-corrected chi connectivity index (χ0v) is 8.48. The fourth-order valence-corrected chi connectivity index (χ4v) is 1.02. The van der Waals surface area contributed by atoms with Crippen molar-refractivity contribution in [3.8, 4) is 0 Å². The molecule has 0 aliphatic rings. The molecule has 0 aliphatic heterocycles. The number of benzene rings is 1. The summed E-state index contributed by atoms with van der Waals surface area (Å²) in [7, 11) is 0. The third kappa shape index (κ3) is 3.76. The van der Waals surface area contributed by atoms with Gasteiger partial charge in [-0.1, -0.05) is 0 Å². The predicted molar refractivity (Wildman–Crippen MR) is 58.7 cm³/mol. The molecule has 0 heterocycles. The molecule has 6 nitrogen and oxygen atoms in total. The molecule has 16 heavy (non-hydrogen) atoms. The Morgan fingerprint density at radius 2 is 2.06 bits per heavy atom. The molecule has 1 atom stereocenters. The van der Waals surface area contributed by atoms with Crippen LogP contribution in [0.2, 0.25) is 0 Å². The third-order valence-corrected chi connectivity index (χ3v) is 1.87. The largest absolute Gasteiger partial charge is 0.394 e. The Labute approximate surface area is 92.0 Å². The summed E-state index contributed by atoms with van der Waals surface area (Å²) in [6.45, 7) is -0.231. The summed E-state index contributed by atoms with van der Waals surface area (Å²) < 4.78 is 0. The lowest BCUT2D eigenvalue weighted by Gasteiger charge is -2.00. The number of nitrogens with zero attached hydrogens (tertiary/aromatic N) is 2. The Balaban J connectivity index is 2.58. The van der Waals surface area contributed by atoms with E-state index >= 15 is 0 Å². The standard InChI is InChI=1S/C10H12N2O4/c13-7-10(14)6-11-5-8-1-3-9(4-2-8)12(15)16/h1-5,10,13-14H,6-7H2. The monoisotopic (exact) mass is 224 g/mol. The van der Waals surface area contributed by atoms with Crippen LogP contribution >= 0.6 is 0 Å². The molecule has 0 bridgehead atoms. The molecule has 0 saturated carbocycles. The molecule has 86 valence electrons. The van der Waals surface area contributed by atoms with Gasteiger partial charge in [0.1, 0.15) is 0 Å². The van der Waals surface area contributed by atoms with Gasteiger partial charge in [-0.3, -0.25) is 15.1 Å². The Hall–Kier alpha value is -1.79. The van der Waals surface area contributed by atoms with Gasteiger partial charge >= 0.3 is 0 Å². The first-order valence-corrected chi connectivity index (χ1v) is 4.66. The van der Waals surface area contributed by atoms with Gasteiger partial charge in [-0.2, -0.15) is 0 Å². The second kappa shape index (κ2) is 5.94. The fraction of sp³-hybridized carbons (Fsp3) is 0.300. The van der Waals surface area contributed by atoms with E-state index in [2.05, 4.69) is 4.99 Å². The van der Waals surface area contributed by atoms with E-state index < -0.39 is 11.0 Å². The van der Waals surface area contributed by atoms with Crippen LogP contribution in [0, 0.1) is 10.1 Å². The van der Waals surface area contributed by atoms with Crippen LogP contribution in [-0.4, -0.2) is 40.6 Å². The zero-order chi connectivity index (χ0) is 12.0. The van der Waals surface area contributed by atoms with Crippen molar-refractivity contribution >= 4 is 11.9 Å². The van der Waals surface area contributed by atoms with Crippen molar-refractivity contribution in [1.82, 2.24) is 0 Å². The van der Waals surface area contributed by atoms with Crippen molar-refractivity contribution in [3.63, 3.8) is 0 Å². The van der Waals surface area contributed by atoms with Crippen LogP contribution in [0.5, 0.6) is 0 Å². The first kappa shape index (κ1) is 12.3. The molecule has 1 aromatic rings. The average molecular weight is 224 g/mol. The van der Waals surface area contributed by atoms with Crippen molar-refractivity contribution in [2.75, 3.05) is 13.2 Å². The number of non-ortho nitro benzene ring substituents is 1. The van der Waals surface area contributed by atoms with E-state index in [9.17, 15) is 10.1 Å². The molecular weight excluding hydrogens is 212 g/mol. The number of hydrogen-bond donors (Lipinski definition) is 2. The fourth-order valence-electron chi connectivity index (χ4n) is 1.02. The van der Waals surface area contributed by atoms with E-state index in [-0.39, 0.29) is 18.8 Å². The van der Waals surface area contributed by atoms with Gasteiger partial charge in [0.05, 0.1) is 24.2 Å². The van der Waals surface area contributed by atoms with Crippen molar-refractivity contribution in [1.29, 1.82) is 0 Å². The number of nitro benzene ring substituents is 1. The van der Waals surface area contributed by atoms with Gasteiger partial charge in [0.2, 0.25) is 0 Å². The highest BCUT2D eigenvalue weighted by molar-refractivity contribution is 5.79. The number of aliphatic hydroxyl groups is 2. The van der Waals surface area contributed by atoms with Gasteiger partial charge in [0.15, 0.2) is 0 Å². The maximum atomic E-state index is 10.4. The first-order chi connectivity index (χ1) is 7.63. The van der Waals surface area contributed by atoms with Crippen LogP contribution in [-0.2, 0) is 0 Å². The average Bonchev–Trinajstić information content (AvgIpc) is 2.29. The van der Waals surface area contributed by atoms with Gasteiger partial charge < -0.3 is 10.2 Å². The minimum Gasteiger partial charge on any atom is -0.394 e. The van der Waals surface area contributed by atoms with Gasteiger partial charge in [-0.15, -0.1) is 0 Å². The second-order valence-electron chi connectivity index (χ2n) is 3.18. The summed E-state index contributed by atoms with van der Waals surface area (Å²) in [6, 6.07) is 5.88. The molecule has 0 aliphatic carbocycles. The number of aliphatic imine (C=N–C) groups is 1. The van der Waals surface area contributed by atoms with Crippen LogP contribution in [0.15, 0.2) is 29.3 Å². The Morgan fingerprint density at radius 1 is 1.44 bits per heavy atom. The molecule has 1 rings (SSSR count). The van der Waals surface area contributed by atoms with Gasteiger partial charge in [-0.05, 0) is 17.7 Å². The van der Waals surface area contributed by atoms with Crippen LogP contribution in [0.1, 0.15) is 5.56 Å². The molecular formula is C10H12N2O4. The van der Waals surface area contributed by atoms with E-state index in [0.29, 0.717) is 5.56 Å². The Kier molecular flexibility index (Phi) is 4.56. The third-order valence-electron chi connectivity index (χ3n) is 1.87. The van der Waals surface area contributed by atoms with Crippen molar-refractivity contribution in [3.05, 3.63) is 39.9 Å². The van der Waals surface area contributed by atoms with Crippen molar-refractivity contribution < 1.29 is 15.1 Å². The highest BCUT2D eigenvalue weighted by Gasteiger charge is 2.02. The molecule has 6 heteroatoms. The maximum Gasteiger partial charge on any atom is 0.269 e. The Bertz CT molecular complexity index is 375. The molecule has 1 aromatic carbocycles. The van der Waals surface area contributed by atoms with Crippen LogP contribution in [0.3, 0.4) is 0 Å². The van der Waals surface area contributed by atoms with E-state index in [1.807, 2.05) is 0 Å². The topological polar surface area (TPSA) is 96.0 Å². The highest BCUT2D eigenvalue weighted by atomic mass is 16.6. The van der Waals surface area contributed by atoms with E-state index in [1.165, 1.54) is 18.3 Å². The smallest absolute Gasteiger partial charge is 0.269 e. The predicted octanol–water partition coefficient (Wildman–Crippen LogP) is 0.367. The molecule has 0 aromatic heterocycles. The SMILES string of the molecule is O=[N+]([O-])c1ccc(C=NCC(O)CO)cc1. The van der Waals surface area contributed by atoms with E-state index in [0.717, 1.165) is 0 Å². The summed E-state index contributed by atoms with van der Waals surface area (Å²) in [5.41, 5.74) is 0.725. The number of nitro groups is 1. The summed E-state index contributed by atoms with van der Waals surface area (Å²) in [5.74, 6) is 0. The molecule has 1 unspecified atom stereocenters. The zero-order valence-electron chi connectivity index (χ0n) is 8.48. The minimum atomic E-state index is -0.866. The first-order valence-electron chi connectivity index (χ1n) is 4.66. The maximum absolute atomic E-state index is 10.4. The molecule has 0 fully saturated rings. The van der Waals surface area contributed by atoms with Crippen LogP contribution in [0.25, 0.3) is 0 Å². The number of hydrogen-bond acceptors (Lipinski definition) is 5. The number of aliphatic hydroxyl groups excluding tert-OH is 2. The Morgan fingerprint density at radius 3 is 2.56 bits per heavy atom.